The molecule has 208 valence electrons. The van der Waals surface area contributed by atoms with E-state index in [1.165, 1.54) is 21.2 Å². The molecule has 1 amide bonds. The van der Waals surface area contributed by atoms with Crippen LogP contribution < -0.4 is 19.9 Å². The maximum Gasteiger partial charge on any atom is 0.309 e. The number of nitrogens with zero attached hydrogens (tertiary/aromatic N) is 4. The van der Waals surface area contributed by atoms with Crippen LogP contribution in [0.1, 0.15) is 42.0 Å². The van der Waals surface area contributed by atoms with Gasteiger partial charge in [0.1, 0.15) is 21.8 Å². The van der Waals surface area contributed by atoms with Crippen molar-refractivity contribution >= 4 is 52.1 Å². The number of nitriles is 1. The minimum atomic E-state index is -0.407. The maximum absolute atomic E-state index is 13.5. The van der Waals surface area contributed by atoms with Crippen molar-refractivity contribution < 1.29 is 23.8 Å². The van der Waals surface area contributed by atoms with Crippen LogP contribution in [0.15, 0.2) is 27.9 Å². The van der Waals surface area contributed by atoms with Gasteiger partial charge >= 0.3 is 5.97 Å². The van der Waals surface area contributed by atoms with E-state index < -0.39 is 5.56 Å². The molecule has 3 aliphatic heterocycles. The molecule has 0 radical (unpaired) electrons. The quantitative estimate of drug-likeness (QED) is 0.286. The molecule has 4 heterocycles. The number of esters is 1. The van der Waals surface area contributed by atoms with Crippen LogP contribution in [0.4, 0.5) is 5.82 Å². The van der Waals surface area contributed by atoms with Gasteiger partial charge in [-0.05, 0) is 56.0 Å². The minimum Gasteiger partial charge on any atom is -0.466 e. The molecule has 10 nitrogen and oxygen atoms in total. The number of carbonyl (C=O) groups is 2. The van der Waals surface area contributed by atoms with Crippen molar-refractivity contribution in [3.63, 3.8) is 0 Å². The van der Waals surface area contributed by atoms with Gasteiger partial charge in [-0.15, -0.1) is 0 Å². The van der Waals surface area contributed by atoms with Gasteiger partial charge in [-0.25, -0.2) is 0 Å². The van der Waals surface area contributed by atoms with Gasteiger partial charge in [0, 0.05) is 25.7 Å². The predicted molar refractivity (Wildman–Crippen MR) is 154 cm³/mol. The molecule has 0 unspecified atom stereocenters. The molecule has 0 bridgehead atoms. The van der Waals surface area contributed by atoms with Crippen molar-refractivity contribution in [2.24, 2.45) is 13.0 Å². The van der Waals surface area contributed by atoms with Crippen LogP contribution >= 0.6 is 24.0 Å². The molecule has 5 rings (SSSR count). The highest BCUT2D eigenvalue weighted by molar-refractivity contribution is 8.26. The normalized spacial score (nSPS) is 18.0. The molecule has 2 saturated heterocycles. The first-order valence-corrected chi connectivity index (χ1v) is 14.1. The number of fused-ring (bicyclic) bond motifs is 1. The van der Waals surface area contributed by atoms with E-state index in [-0.39, 0.29) is 36.7 Å². The number of benzene rings is 1. The fourth-order valence-corrected chi connectivity index (χ4v) is 6.41. The smallest absolute Gasteiger partial charge is 0.309 e. The van der Waals surface area contributed by atoms with E-state index in [9.17, 15) is 19.6 Å². The highest BCUT2D eigenvalue weighted by Gasteiger charge is 2.34. The van der Waals surface area contributed by atoms with Crippen LogP contribution in [0.5, 0.6) is 11.5 Å². The molecule has 0 N–H and O–H groups in total. The van der Waals surface area contributed by atoms with Gasteiger partial charge in [0.05, 0.1) is 24.0 Å². The van der Waals surface area contributed by atoms with Crippen LogP contribution in [0.3, 0.4) is 0 Å². The summed E-state index contributed by atoms with van der Waals surface area (Å²) in [5.41, 5.74) is 1.56. The van der Waals surface area contributed by atoms with Crippen molar-refractivity contribution in [2.45, 2.75) is 33.2 Å². The van der Waals surface area contributed by atoms with Crippen LogP contribution in [-0.2, 0) is 27.9 Å². The van der Waals surface area contributed by atoms with E-state index in [0.717, 1.165) is 5.56 Å². The topological polar surface area (TPSA) is 114 Å². The maximum atomic E-state index is 13.5. The number of rotatable bonds is 6. The second kappa shape index (κ2) is 11.3. The third kappa shape index (κ3) is 5.07. The Morgan fingerprint density at radius 2 is 1.98 bits per heavy atom. The summed E-state index contributed by atoms with van der Waals surface area (Å²) in [5.74, 6) is 1.21. The third-order valence-corrected chi connectivity index (χ3v) is 8.69. The summed E-state index contributed by atoms with van der Waals surface area (Å²) in [6, 6.07) is 7.53. The van der Waals surface area contributed by atoms with Crippen LogP contribution in [0.2, 0.25) is 0 Å². The third-order valence-electron chi connectivity index (χ3n) is 7.31. The molecule has 1 aromatic carbocycles. The Balaban J connectivity index is 1.46. The standard InChI is InChI=1S/C28H28N4O6S2/c1-4-36-27(35)18-7-9-31(10-8-18)24-19(16(2)20(13-29)25(33)30(24)3)12-23-26(34)32(28(39)40-23)14-17-5-6-21-22(11-17)38-15-37-21/h5-6,11-12,18H,4,7-10,14-15H2,1-3H3/b23-12-. The second-order valence-electron chi connectivity index (χ2n) is 9.68. The first-order chi connectivity index (χ1) is 19.2. The minimum absolute atomic E-state index is 0.0229. The molecule has 12 heteroatoms. The summed E-state index contributed by atoms with van der Waals surface area (Å²) in [6.45, 7) is 5.30. The Morgan fingerprint density at radius 1 is 1.25 bits per heavy atom. The lowest BCUT2D eigenvalue weighted by molar-refractivity contribution is -0.148. The van der Waals surface area contributed by atoms with Crippen LogP contribution in [0, 0.1) is 24.2 Å². The molecular weight excluding hydrogens is 552 g/mol. The molecule has 1 aromatic heterocycles. The highest BCUT2D eigenvalue weighted by Crippen LogP contribution is 2.38. The van der Waals surface area contributed by atoms with Gasteiger partial charge in [0.15, 0.2) is 11.5 Å². The van der Waals surface area contributed by atoms with E-state index >= 15 is 0 Å². The van der Waals surface area contributed by atoms with E-state index in [0.29, 0.717) is 70.2 Å². The fourth-order valence-electron chi connectivity index (χ4n) is 5.17. The summed E-state index contributed by atoms with van der Waals surface area (Å²) in [4.78, 5) is 42.8. The molecule has 0 aliphatic carbocycles. The summed E-state index contributed by atoms with van der Waals surface area (Å²) < 4.78 is 17.9. The molecule has 0 spiro atoms. The average molecular weight is 581 g/mol. The van der Waals surface area contributed by atoms with Gasteiger partial charge in [0.25, 0.3) is 11.5 Å². The number of thioether (sulfide) groups is 1. The zero-order valence-electron chi connectivity index (χ0n) is 22.4. The number of hydrogen-bond acceptors (Lipinski definition) is 10. The molecule has 3 aliphatic rings. The zero-order valence-corrected chi connectivity index (χ0v) is 24.0. The van der Waals surface area contributed by atoms with Crippen molar-refractivity contribution in [3.8, 4) is 17.6 Å². The predicted octanol–water partition coefficient (Wildman–Crippen LogP) is 3.48. The Bertz CT molecular complexity index is 1530. The number of carbonyl (C=O) groups excluding carboxylic acids is 2. The van der Waals surface area contributed by atoms with E-state index in [2.05, 4.69) is 0 Å². The number of hydrogen-bond donors (Lipinski definition) is 0. The number of thiocarbonyl (C=S) groups is 1. The first-order valence-electron chi connectivity index (χ1n) is 12.9. The largest absolute Gasteiger partial charge is 0.466 e. The monoisotopic (exact) mass is 580 g/mol. The molecule has 0 saturated carbocycles. The molecular formula is C28H28N4O6S2. The van der Waals surface area contributed by atoms with E-state index in [1.54, 1.807) is 33.0 Å². The van der Waals surface area contributed by atoms with Crippen molar-refractivity contribution in [1.82, 2.24) is 9.47 Å². The summed E-state index contributed by atoms with van der Waals surface area (Å²) >= 11 is 6.75. The molecule has 40 heavy (non-hydrogen) atoms. The summed E-state index contributed by atoms with van der Waals surface area (Å²) in [6.07, 6.45) is 2.87. The Hall–Kier alpha value is -3.82. The SMILES string of the molecule is CCOC(=O)C1CCN(c2c(/C=C3\SC(=S)N(Cc4ccc5c(c4)OCO5)C3=O)c(C)c(C#N)c(=O)n2C)CC1. The average Bonchev–Trinajstić information content (AvgIpc) is 3.52. The number of ether oxygens (including phenoxy) is 3. The van der Waals surface area contributed by atoms with Gasteiger partial charge in [0.2, 0.25) is 6.79 Å². The highest BCUT2D eigenvalue weighted by atomic mass is 32.2. The lowest BCUT2D eigenvalue weighted by Gasteiger charge is -2.35. The van der Waals surface area contributed by atoms with Crippen LogP contribution in [-0.4, -0.2) is 52.2 Å². The van der Waals surface area contributed by atoms with Crippen molar-refractivity contribution in [1.29, 1.82) is 5.26 Å². The summed E-state index contributed by atoms with van der Waals surface area (Å²) in [5, 5.41) is 9.75. The number of pyridine rings is 1. The zero-order chi connectivity index (χ0) is 28.6. The Morgan fingerprint density at radius 3 is 2.67 bits per heavy atom. The number of amides is 1. The lowest BCUT2D eigenvalue weighted by Crippen LogP contribution is -2.40. The molecule has 0 atom stereocenters. The number of piperidine rings is 1. The molecule has 2 aromatic rings. The number of anilines is 1. The van der Waals surface area contributed by atoms with Gasteiger partial charge < -0.3 is 19.1 Å². The molecule has 2 fully saturated rings. The number of aromatic nitrogens is 1. The summed E-state index contributed by atoms with van der Waals surface area (Å²) in [7, 11) is 1.62. The van der Waals surface area contributed by atoms with E-state index in [1.807, 2.05) is 23.1 Å². The lowest BCUT2D eigenvalue weighted by atomic mass is 9.95. The van der Waals surface area contributed by atoms with Gasteiger partial charge in [-0.1, -0.05) is 30.0 Å². The van der Waals surface area contributed by atoms with Crippen molar-refractivity contribution in [3.05, 3.63) is 55.7 Å². The van der Waals surface area contributed by atoms with Crippen molar-refractivity contribution in [2.75, 3.05) is 31.4 Å². The van der Waals surface area contributed by atoms with Gasteiger partial charge in [-0.2, -0.15) is 5.26 Å². The second-order valence-corrected chi connectivity index (χ2v) is 11.4. The first kappa shape index (κ1) is 27.7. The van der Waals surface area contributed by atoms with Gasteiger partial charge in [-0.3, -0.25) is 23.9 Å². The fraction of sp³-hybridized carbons (Fsp3) is 0.393. The van der Waals surface area contributed by atoms with E-state index in [4.69, 9.17) is 26.4 Å². The Labute approximate surface area is 241 Å². The Kier molecular flexibility index (Phi) is 7.87. The van der Waals surface area contributed by atoms with Crippen LogP contribution in [0.25, 0.3) is 6.08 Å².